The molecule has 35 heavy (non-hydrogen) atoms. The monoisotopic (exact) mass is 496 g/mol. The molecule has 0 aliphatic heterocycles. The zero-order chi connectivity index (χ0) is 25.4. The maximum atomic E-state index is 13.5. The van der Waals surface area contributed by atoms with Crippen LogP contribution in [0.15, 0.2) is 77.7 Å². The van der Waals surface area contributed by atoms with Crippen LogP contribution in [-0.4, -0.2) is 40.1 Å². The molecule has 0 heterocycles. The Bertz CT molecular complexity index is 1270. The van der Waals surface area contributed by atoms with Gasteiger partial charge in [0.25, 0.3) is 10.0 Å². The predicted octanol–water partition coefficient (Wildman–Crippen LogP) is 4.40. The van der Waals surface area contributed by atoms with Gasteiger partial charge in [-0.15, -0.1) is 0 Å². The Morgan fingerprint density at radius 2 is 1.60 bits per heavy atom. The van der Waals surface area contributed by atoms with E-state index < -0.39 is 28.4 Å². The molecule has 184 valence electrons. The Hall–Kier alpha value is -3.85. The topological polar surface area (TPSA) is 102 Å². The largest absolute Gasteiger partial charge is 0.494 e. The van der Waals surface area contributed by atoms with Crippen LogP contribution in [-0.2, 0) is 19.6 Å². The molecular weight excluding hydrogens is 468 g/mol. The molecule has 0 fully saturated rings. The smallest absolute Gasteiger partial charge is 0.338 e. The summed E-state index contributed by atoms with van der Waals surface area (Å²) in [5.41, 5.74) is 1.74. The standard InChI is InChI=1S/C26H28N2O6S/c1-4-33-22-13-15-23(16-14-22)35(31,32)28(21-9-7-6-8-10-21)18-25(29)27-24-17-20(12-11-19(24)3)26(30)34-5-2/h6-17H,4-5,18H2,1-3H3,(H,27,29). The summed E-state index contributed by atoms with van der Waals surface area (Å²) in [4.78, 5) is 25.1. The molecule has 0 radical (unpaired) electrons. The lowest BCUT2D eigenvalue weighted by Crippen LogP contribution is -2.38. The van der Waals surface area contributed by atoms with Gasteiger partial charge < -0.3 is 14.8 Å². The Labute approximate surface area is 205 Å². The van der Waals surface area contributed by atoms with Gasteiger partial charge in [-0.3, -0.25) is 9.10 Å². The summed E-state index contributed by atoms with van der Waals surface area (Å²) in [6.45, 7) is 5.53. The van der Waals surface area contributed by atoms with Crippen molar-refractivity contribution in [3.8, 4) is 5.75 Å². The van der Waals surface area contributed by atoms with Gasteiger partial charge in [0.2, 0.25) is 5.91 Å². The van der Waals surface area contributed by atoms with Gasteiger partial charge in [-0.05, 0) is 74.9 Å². The molecule has 9 heteroatoms. The molecular formula is C26H28N2O6S. The summed E-state index contributed by atoms with van der Waals surface area (Å²) in [6, 6.07) is 19.2. The van der Waals surface area contributed by atoms with Crippen LogP contribution in [0, 0.1) is 6.92 Å². The van der Waals surface area contributed by atoms with Crippen molar-refractivity contribution < 1.29 is 27.5 Å². The molecule has 1 amide bonds. The third-order valence-corrected chi connectivity index (χ3v) is 6.86. The average Bonchev–Trinajstić information content (AvgIpc) is 2.85. The van der Waals surface area contributed by atoms with Crippen molar-refractivity contribution >= 4 is 33.3 Å². The number of amides is 1. The number of rotatable bonds is 10. The average molecular weight is 497 g/mol. The summed E-state index contributed by atoms with van der Waals surface area (Å²) >= 11 is 0. The van der Waals surface area contributed by atoms with Gasteiger partial charge in [-0.25, -0.2) is 13.2 Å². The van der Waals surface area contributed by atoms with E-state index in [-0.39, 0.29) is 17.1 Å². The lowest BCUT2D eigenvalue weighted by atomic mass is 10.1. The number of sulfonamides is 1. The Morgan fingerprint density at radius 1 is 0.914 bits per heavy atom. The number of nitrogens with one attached hydrogen (secondary N) is 1. The van der Waals surface area contributed by atoms with E-state index in [0.29, 0.717) is 29.3 Å². The van der Waals surface area contributed by atoms with Crippen LogP contribution in [0.4, 0.5) is 11.4 Å². The number of carbonyl (C=O) groups is 2. The number of esters is 1. The first kappa shape index (κ1) is 25.8. The van der Waals surface area contributed by atoms with E-state index in [0.717, 1.165) is 4.31 Å². The second kappa shape index (κ2) is 11.5. The van der Waals surface area contributed by atoms with Gasteiger partial charge >= 0.3 is 5.97 Å². The third kappa shape index (κ3) is 6.39. The fraction of sp³-hybridized carbons (Fsp3) is 0.231. The molecule has 0 atom stereocenters. The van der Waals surface area contributed by atoms with Gasteiger partial charge in [0.05, 0.1) is 29.4 Å². The minimum Gasteiger partial charge on any atom is -0.494 e. The number of hydrogen-bond donors (Lipinski definition) is 1. The number of nitrogens with zero attached hydrogens (tertiary/aromatic N) is 1. The van der Waals surface area contributed by atoms with Crippen molar-refractivity contribution in [1.82, 2.24) is 0 Å². The Balaban J connectivity index is 1.89. The van der Waals surface area contributed by atoms with Crippen LogP contribution >= 0.6 is 0 Å². The molecule has 0 aliphatic carbocycles. The van der Waals surface area contributed by atoms with Gasteiger partial charge in [0.1, 0.15) is 12.3 Å². The fourth-order valence-electron chi connectivity index (χ4n) is 3.33. The number of hydrogen-bond acceptors (Lipinski definition) is 6. The molecule has 0 bridgehead atoms. The molecule has 3 rings (SSSR count). The molecule has 0 aliphatic rings. The van der Waals surface area contributed by atoms with Crippen molar-refractivity contribution in [2.24, 2.45) is 0 Å². The highest BCUT2D eigenvalue weighted by atomic mass is 32.2. The van der Waals surface area contributed by atoms with E-state index in [2.05, 4.69) is 5.32 Å². The first-order chi connectivity index (χ1) is 16.8. The zero-order valence-electron chi connectivity index (χ0n) is 19.9. The molecule has 3 aromatic rings. The number of para-hydroxylation sites is 1. The van der Waals surface area contributed by atoms with Crippen LogP contribution in [0.1, 0.15) is 29.8 Å². The highest BCUT2D eigenvalue weighted by Gasteiger charge is 2.27. The summed E-state index contributed by atoms with van der Waals surface area (Å²) < 4.78 is 38.5. The summed E-state index contributed by atoms with van der Waals surface area (Å²) in [7, 11) is -4.07. The molecule has 1 N–H and O–H groups in total. The summed E-state index contributed by atoms with van der Waals surface area (Å²) in [6.07, 6.45) is 0. The summed E-state index contributed by atoms with van der Waals surface area (Å²) in [5.74, 6) is -0.521. The van der Waals surface area contributed by atoms with E-state index in [4.69, 9.17) is 9.47 Å². The van der Waals surface area contributed by atoms with Crippen LogP contribution in [0.3, 0.4) is 0 Å². The summed E-state index contributed by atoms with van der Waals surface area (Å²) in [5, 5.41) is 2.72. The quantitative estimate of drug-likeness (QED) is 0.417. The van der Waals surface area contributed by atoms with Crippen molar-refractivity contribution in [3.63, 3.8) is 0 Å². The highest BCUT2D eigenvalue weighted by Crippen LogP contribution is 2.25. The Kier molecular flexibility index (Phi) is 8.48. The van der Waals surface area contributed by atoms with Crippen molar-refractivity contribution in [2.75, 3.05) is 29.4 Å². The molecule has 0 saturated heterocycles. The number of ether oxygens (including phenoxy) is 2. The normalized spacial score (nSPS) is 10.9. The van der Waals surface area contributed by atoms with Crippen LogP contribution in [0.25, 0.3) is 0 Å². The Morgan fingerprint density at radius 3 is 2.23 bits per heavy atom. The number of carbonyl (C=O) groups excluding carboxylic acids is 2. The molecule has 3 aromatic carbocycles. The van der Waals surface area contributed by atoms with Gasteiger partial charge in [-0.2, -0.15) is 0 Å². The van der Waals surface area contributed by atoms with E-state index >= 15 is 0 Å². The lowest BCUT2D eigenvalue weighted by molar-refractivity contribution is -0.114. The van der Waals surface area contributed by atoms with Crippen molar-refractivity contribution in [1.29, 1.82) is 0 Å². The van der Waals surface area contributed by atoms with E-state index in [1.807, 2.05) is 6.92 Å². The number of aryl methyl sites for hydroxylation is 1. The number of anilines is 2. The highest BCUT2D eigenvalue weighted by molar-refractivity contribution is 7.92. The first-order valence-electron chi connectivity index (χ1n) is 11.1. The van der Waals surface area contributed by atoms with Gasteiger partial charge in [0.15, 0.2) is 0 Å². The fourth-order valence-corrected chi connectivity index (χ4v) is 4.75. The molecule has 0 unspecified atom stereocenters. The first-order valence-corrected chi connectivity index (χ1v) is 12.6. The minimum atomic E-state index is -4.07. The van der Waals surface area contributed by atoms with Crippen molar-refractivity contribution in [3.05, 3.63) is 83.9 Å². The molecule has 0 saturated carbocycles. The van der Waals surface area contributed by atoms with E-state index in [1.54, 1.807) is 68.4 Å². The zero-order valence-corrected chi connectivity index (χ0v) is 20.7. The number of benzene rings is 3. The maximum Gasteiger partial charge on any atom is 0.338 e. The van der Waals surface area contributed by atoms with Crippen molar-refractivity contribution in [2.45, 2.75) is 25.7 Å². The molecule has 8 nitrogen and oxygen atoms in total. The second-order valence-electron chi connectivity index (χ2n) is 7.55. The molecule has 0 aromatic heterocycles. The van der Waals surface area contributed by atoms with Gasteiger partial charge in [-0.1, -0.05) is 24.3 Å². The maximum absolute atomic E-state index is 13.5. The predicted molar refractivity (Wildman–Crippen MR) is 134 cm³/mol. The van der Waals surface area contributed by atoms with Crippen LogP contribution < -0.4 is 14.4 Å². The van der Waals surface area contributed by atoms with E-state index in [9.17, 15) is 18.0 Å². The van der Waals surface area contributed by atoms with Gasteiger partial charge in [0, 0.05) is 5.69 Å². The lowest BCUT2D eigenvalue weighted by Gasteiger charge is -2.24. The molecule has 0 spiro atoms. The van der Waals surface area contributed by atoms with E-state index in [1.165, 1.54) is 18.2 Å². The SMILES string of the molecule is CCOC(=O)c1ccc(C)c(NC(=O)CN(c2ccccc2)S(=O)(=O)c2ccc(OCC)cc2)c1. The second-order valence-corrected chi connectivity index (χ2v) is 9.41. The minimum absolute atomic E-state index is 0.0260. The van der Waals surface area contributed by atoms with Crippen LogP contribution in [0.5, 0.6) is 5.75 Å². The third-order valence-electron chi connectivity index (χ3n) is 5.08. The van der Waals surface area contributed by atoms with Crippen LogP contribution in [0.2, 0.25) is 0 Å².